The van der Waals surface area contributed by atoms with Gasteiger partial charge in [-0.1, -0.05) is 36.8 Å². The molecule has 1 N–H and O–H groups in total. The Kier molecular flexibility index (Phi) is 7.22. The smallest absolute Gasteiger partial charge is 0.411 e. The zero-order valence-corrected chi connectivity index (χ0v) is 17.1. The summed E-state index contributed by atoms with van der Waals surface area (Å²) in [6.45, 7) is 1.86. The van der Waals surface area contributed by atoms with Crippen molar-refractivity contribution >= 4 is 23.5 Å². The van der Waals surface area contributed by atoms with E-state index >= 15 is 0 Å². The highest BCUT2D eigenvalue weighted by Crippen LogP contribution is 2.30. The zero-order valence-electron chi connectivity index (χ0n) is 17.1. The maximum Gasteiger partial charge on any atom is 0.411 e. The molecule has 0 saturated carbocycles. The summed E-state index contributed by atoms with van der Waals surface area (Å²) in [4.78, 5) is 36.1. The first kappa shape index (κ1) is 21.6. The third kappa shape index (κ3) is 5.47. The van der Waals surface area contributed by atoms with Gasteiger partial charge >= 0.3 is 12.1 Å². The molecule has 1 aliphatic heterocycles. The number of carbonyl (C=O) groups excluding carboxylic acids is 2. The molecular weight excluding hydrogens is 382 g/mol. The number of ketones is 1. The standard InChI is InChI=1S/C24H27NO5/c1-17(26)19-11-13-20(14-12-19)25(24(28)29)15-7-3-6-10-22-21(23(27)30-22)16-18-8-4-2-5-9-18/h2,4-5,8-9,11-14,21-22H,3,6-7,10,15-16H2,1H3,(H,28,29)/t21-,22-/m0/s1. The highest BCUT2D eigenvalue weighted by atomic mass is 16.6. The van der Waals surface area contributed by atoms with Crippen LogP contribution in [0.1, 0.15) is 48.5 Å². The van der Waals surface area contributed by atoms with E-state index in [1.807, 2.05) is 30.3 Å². The number of carbonyl (C=O) groups is 3. The lowest BCUT2D eigenvalue weighted by atomic mass is 9.87. The molecule has 6 heteroatoms. The molecule has 0 radical (unpaired) electrons. The first-order chi connectivity index (χ1) is 14.5. The molecule has 0 spiro atoms. The molecule has 1 aliphatic rings. The van der Waals surface area contributed by atoms with Crippen molar-refractivity contribution in [2.75, 3.05) is 11.4 Å². The van der Waals surface area contributed by atoms with Crippen LogP contribution < -0.4 is 4.90 Å². The second kappa shape index (κ2) is 10.1. The molecule has 2 atom stereocenters. The molecule has 2 aromatic rings. The molecule has 1 saturated heterocycles. The van der Waals surface area contributed by atoms with Gasteiger partial charge in [0.05, 0.1) is 5.92 Å². The molecule has 0 unspecified atom stereocenters. The van der Waals surface area contributed by atoms with Gasteiger partial charge in [-0.2, -0.15) is 0 Å². The second-order valence-electron chi connectivity index (χ2n) is 7.66. The lowest BCUT2D eigenvalue weighted by Gasteiger charge is -2.35. The number of unbranched alkanes of at least 4 members (excludes halogenated alkanes) is 2. The summed E-state index contributed by atoms with van der Waals surface area (Å²) < 4.78 is 5.32. The number of carboxylic acid groups (broad SMARTS) is 1. The van der Waals surface area contributed by atoms with E-state index < -0.39 is 6.09 Å². The van der Waals surface area contributed by atoms with Crippen LogP contribution in [-0.2, 0) is 16.0 Å². The van der Waals surface area contributed by atoms with Gasteiger partial charge < -0.3 is 9.84 Å². The highest BCUT2D eigenvalue weighted by molar-refractivity contribution is 5.95. The Morgan fingerprint density at radius 3 is 2.30 bits per heavy atom. The van der Waals surface area contributed by atoms with Crippen LogP contribution in [0.5, 0.6) is 0 Å². The summed E-state index contributed by atoms with van der Waals surface area (Å²) in [5, 5.41) is 9.50. The summed E-state index contributed by atoms with van der Waals surface area (Å²) in [5.74, 6) is -0.261. The van der Waals surface area contributed by atoms with Crippen LogP contribution in [-0.4, -0.2) is 35.6 Å². The third-order valence-electron chi connectivity index (χ3n) is 5.50. The van der Waals surface area contributed by atoms with Crippen LogP contribution in [0.25, 0.3) is 0 Å². The number of anilines is 1. The van der Waals surface area contributed by atoms with Gasteiger partial charge in [0.2, 0.25) is 0 Å². The van der Waals surface area contributed by atoms with E-state index in [-0.39, 0.29) is 23.8 Å². The maximum absolute atomic E-state index is 11.8. The Hall–Kier alpha value is -3.15. The number of hydrogen-bond acceptors (Lipinski definition) is 4. The molecule has 3 rings (SSSR count). The van der Waals surface area contributed by atoms with Crippen LogP contribution in [0.2, 0.25) is 0 Å². The van der Waals surface area contributed by atoms with E-state index in [1.165, 1.54) is 11.8 Å². The number of ether oxygens (including phenoxy) is 1. The number of cyclic esters (lactones) is 1. The molecule has 1 heterocycles. The minimum absolute atomic E-state index is 0.0487. The lowest BCUT2D eigenvalue weighted by Crippen LogP contribution is -2.46. The maximum atomic E-state index is 11.8. The highest BCUT2D eigenvalue weighted by Gasteiger charge is 2.41. The molecule has 0 bridgehead atoms. The normalized spacial score (nSPS) is 17.7. The predicted molar refractivity (Wildman–Crippen MR) is 114 cm³/mol. The van der Waals surface area contributed by atoms with Gasteiger partial charge in [-0.05, 0) is 62.4 Å². The van der Waals surface area contributed by atoms with Gasteiger partial charge in [-0.15, -0.1) is 0 Å². The fraction of sp³-hybridized carbons (Fsp3) is 0.375. The first-order valence-corrected chi connectivity index (χ1v) is 10.3. The van der Waals surface area contributed by atoms with E-state index in [0.717, 1.165) is 24.8 Å². The largest absolute Gasteiger partial charge is 0.465 e. The van der Waals surface area contributed by atoms with Crippen molar-refractivity contribution < 1.29 is 24.2 Å². The molecule has 1 fully saturated rings. The van der Waals surface area contributed by atoms with Gasteiger partial charge in [-0.3, -0.25) is 14.5 Å². The average Bonchev–Trinajstić information content (AvgIpc) is 2.74. The van der Waals surface area contributed by atoms with Gasteiger partial charge in [0.25, 0.3) is 0 Å². The Morgan fingerprint density at radius 1 is 1.00 bits per heavy atom. The Morgan fingerprint density at radius 2 is 1.70 bits per heavy atom. The number of benzene rings is 2. The molecule has 1 amide bonds. The van der Waals surface area contributed by atoms with Crippen molar-refractivity contribution in [3.05, 3.63) is 65.7 Å². The topological polar surface area (TPSA) is 83.9 Å². The summed E-state index contributed by atoms with van der Waals surface area (Å²) in [7, 11) is 0. The Labute approximate surface area is 176 Å². The van der Waals surface area contributed by atoms with Crippen LogP contribution in [0, 0.1) is 5.92 Å². The predicted octanol–water partition coefficient (Wildman–Crippen LogP) is 4.72. The zero-order chi connectivity index (χ0) is 21.5. The van der Waals surface area contributed by atoms with Crippen molar-refractivity contribution in [3.8, 4) is 0 Å². The van der Waals surface area contributed by atoms with Crippen LogP contribution in [0.15, 0.2) is 54.6 Å². The van der Waals surface area contributed by atoms with Crippen LogP contribution in [0.4, 0.5) is 10.5 Å². The molecule has 2 aromatic carbocycles. The van der Waals surface area contributed by atoms with Crippen molar-refractivity contribution in [3.63, 3.8) is 0 Å². The minimum Gasteiger partial charge on any atom is -0.465 e. The monoisotopic (exact) mass is 409 g/mol. The molecule has 6 nitrogen and oxygen atoms in total. The summed E-state index contributed by atoms with van der Waals surface area (Å²) in [5.41, 5.74) is 2.25. The van der Waals surface area contributed by atoms with Gasteiger partial charge in [-0.25, -0.2) is 4.79 Å². The van der Waals surface area contributed by atoms with E-state index in [4.69, 9.17) is 4.74 Å². The van der Waals surface area contributed by atoms with E-state index in [9.17, 15) is 19.5 Å². The van der Waals surface area contributed by atoms with Crippen LogP contribution >= 0.6 is 0 Å². The Balaban J connectivity index is 1.42. The van der Waals surface area contributed by atoms with Crippen molar-refractivity contribution in [1.82, 2.24) is 0 Å². The lowest BCUT2D eigenvalue weighted by molar-refractivity contribution is -0.185. The Bertz CT molecular complexity index is 878. The minimum atomic E-state index is -1.01. The van der Waals surface area contributed by atoms with Gasteiger partial charge in [0.1, 0.15) is 6.10 Å². The number of nitrogens with zero attached hydrogens (tertiary/aromatic N) is 1. The molecular formula is C24H27NO5. The average molecular weight is 409 g/mol. The number of Topliss-reactive ketones (excluding diaryl/α,β-unsaturated/α-hetero) is 1. The van der Waals surface area contributed by atoms with E-state index in [1.54, 1.807) is 24.3 Å². The number of hydrogen-bond donors (Lipinski definition) is 1. The second-order valence-corrected chi connectivity index (χ2v) is 7.66. The summed E-state index contributed by atoms with van der Waals surface area (Å²) in [6, 6.07) is 16.5. The molecule has 30 heavy (non-hydrogen) atoms. The van der Waals surface area contributed by atoms with Crippen molar-refractivity contribution in [1.29, 1.82) is 0 Å². The van der Waals surface area contributed by atoms with Crippen LogP contribution in [0.3, 0.4) is 0 Å². The SMILES string of the molecule is CC(=O)c1ccc(N(CCCCC[C@@H]2OC(=O)[C@H]2Cc2ccccc2)C(=O)O)cc1. The van der Waals surface area contributed by atoms with Gasteiger partial charge in [0, 0.05) is 17.8 Å². The number of esters is 1. The van der Waals surface area contributed by atoms with Crippen molar-refractivity contribution in [2.45, 2.75) is 45.1 Å². The molecule has 0 aromatic heterocycles. The fourth-order valence-electron chi connectivity index (χ4n) is 3.74. The van der Waals surface area contributed by atoms with Gasteiger partial charge in [0.15, 0.2) is 5.78 Å². The number of rotatable bonds is 10. The molecule has 0 aliphatic carbocycles. The van der Waals surface area contributed by atoms with E-state index in [0.29, 0.717) is 30.6 Å². The third-order valence-corrected chi connectivity index (χ3v) is 5.50. The summed E-state index contributed by atoms with van der Waals surface area (Å²) in [6.07, 6.45) is 2.87. The summed E-state index contributed by atoms with van der Waals surface area (Å²) >= 11 is 0. The molecule has 158 valence electrons. The first-order valence-electron chi connectivity index (χ1n) is 10.3. The number of amides is 1. The fourth-order valence-corrected chi connectivity index (χ4v) is 3.74. The quantitative estimate of drug-likeness (QED) is 0.349. The van der Waals surface area contributed by atoms with E-state index in [2.05, 4.69) is 0 Å². The van der Waals surface area contributed by atoms with Crippen molar-refractivity contribution in [2.24, 2.45) is 5.92 Å².